The van der Waals surface area contributed by atoms with E-state index in [9.17, 15) is 18.9 Å². The maximum atomic E-state index is 12.4. The molecule has 1 N–H and O–H groups in total. The van der Waals surface area contributed by atoms with Gasteiger partial charge < -0.3 is 15.2 Å². The van der Waals surface area contributed by atoms with Gasteiger partial charge in [-0.2, -0.15) is 0 Å². The van der Waals surface area contributed by atoms with Gasteiger partial charge in [0.1, 0.15) is 0 Å². The standard InChI is InChI=1S/C7H5BrF2N2O3/c8-2-3-1-4(13)7(12(14)15)11-5(3)6(9)10/h1,6,13H,2H2. The number of halogens is 3. The zero-order valence-corrected chi connectivity index (χ0v) is 8.74. The molecule has 0 spiro atoms. The van der Waals surface area contributed by atoms with Crippen LogP contribution in [-0.4, -0.2) is 15.0 Å². The molecule has 1 aromatic rings. The SMILES string of the molecule is O=[N+]([O-])c1nc(C(F)F)c(CBr)cc1O. The quantitative estimate of drug-likeness (QED) is 0.525. The lowest BCUT2D eigenvalue weighted by Crippen LogP contribution is -2.01. The van der Waals surface area contributed by atoms with Crippen LogP contribution in [0.3, 0.4) is 0 Å². The highest BCUT2D eigenvalue weighted by atomic mass is 79.9. The van der Waals surface area contributed by atoms with Gasteiger partial charge in [-0.05, 0) is 16.0 Å². The maximum absolute atomic E-state index is 12.4. The maximum Gasteiger partial charge on any atom is 0.406 e. The first-order valence-corrected chi connectivity index (χ1v) is 4.80. The molecule has 82 valence electrons. The molecule has 15 heavy (non-hydrogen) atoms. The van der Waals surface area contributed by atoms with Gasteiger partial charge in [0, 0.05) is 10.9 Å². The number of pyridine rings is 1. The fourth-order valence-corrected chi connectivity index (χ4v) is 1.43. The second-order valence-corrected chi connectivity index (χ2v) is 3.13. The van der Waals surface area contributed by atoms with E-state index in [4.69, 9.17) is 5.11 Å². The minimum atomic E-state index is -2.92. The molecule has 0 bridgehead atoms. The molecule has 5 nitrogen and oxygen atoms in total. The van der Waals surface area contributed by atoms with Crippen molar-refractivity contribution in [2.45, 2.75) is 11.8 Å². The van der Waals surface area contributed by atoms with Crippen LogP contribution in [-0.2, 0) is 5.33 Å². The predicted molar refractivity (Wildman–Crippen MR) is 50.1 cm³/mol. The zero-order chi connectivity index (χ0) is 11.6. The van der Waals surface area contributed by atoms with Crippen LogP contribution in [0, 0.1) is 10.1 Å². The lowest BCUT2D eigenvalue weighted by molar-refractivity contribution is -0.390. The zero-order valence-electron chi connectivity index (χ0n) is 7.15. The molecule has 1 heterocycles. The van der Waals surface area contributed by atoms with Gasteiger partial charge in [-0.1, -0.05) is 15.9 Å². The second kappa shape index (κ2) is 4.47. The molecule has 0 aliphatic rings. The fourth-order valence-electron chi connectivity index (χ4n) is 0.977. The highest BCUT2D eigenvalue weighted by Gasteiger charge is 2.26. The van der Waals surface area contributed by atoms with E-state index < -0.39 is 28.6 Å². The third-order valence-electron chi connectivity index (χ3n) is 1.62. The van der Waals surface area contributed by atoms with Gasteiger partial charge in [0.15, 0.2) is 0 Å². The Morgan fingerprint density at radius 2 is 2.27 bits per heavy atom. The molecule has 1 rings (SSSR count). The van der Waals surface area contributed by atoms with E-state index in [0.29, 0.717) is 0 Å². The van der Waals surface area contributed by atoms with Crippen LogP contribution in [0.2, 0.25) is 0 Å². The molecule has 0 aliphatic heterocycles. The van der Waals surface area contributed by atoms with Crippen LogP contribution in [0.1, 0.15) is 17.7 Å². The van der Waals surface area contributed by atoms with E-state index in [1.54, 1.807) is 0 Å². The molecular weight excluding hydrogens is 278 g/mol. The summed E-state index contributed by atoms with van der Waals surface area (Å²) in [7, 11) is 0. The van der Waals surface area contributed by atoms with E-state index in [2.05, 4.69) is 20.9 Å². The lowest BCUT2D eigenvalue weighted by atomic mass is 10.2. The third-order valence-corrected chi connectivity index (χ3v) is 2.22. The van der Waals surface area contributed by atoms with Crippen molar-refractivity contribution in [2.75, 3.05) is 0 Å². The minimum absolute atomic E-state index is 0.0214. The summed E-state index contributed by atoms with van der Waals surface area (Å²) in [6.07, 6.45) is -2.92. The van der Waals surface area contributed by atoms with Crippen LogP contribution in [0.15, 0.2) is 6.07 Å². The van der Waals surface area contributed by atoms with E-state index in [1.165, 1.54) is 0 Å². The smallest absolute Gasteiger partial charge is 0.406 e. The monoisotopic (exact) mass is 282 g/mol. The molecular formula is C7H5BrF2N2O3. The van der Waals surface area contributed by atoms with E-state index >= 15 is 0 Å². The Morgan fingerprint density at radius 1 is 1.67 bits per heavy atom. The molecule has 0 aromatic carbocycles. The third kappa shape index (κ3) is 2.38. The lowest BCUT2D eigenvalue weighted by Gasteiger charge is -2.02. The number of alkyl halides is 3. The number of hydrogen-bond donors (Lipinski definition) is 1. The summed E-state index contributed by atoms with van der Waals surface area (Å²) in [6, 6.07) is 0.904. The molecule has 0 saturated carbocycles. The molecule has 0 aliphatic carbocycles. The summed E-state index contributed by atoms with van der Waals surface area (Å²) < 4.78 is 24.8. The van der Waals surface area contributed by atoms with Gasteiger partial charge in [-0.25, -0.2) is 8.78 Å². The van der Waals surface area contributed by atoms with Gasteiger partial charge in [-0.3, -0.25) is 0 Å². The Morgan fingerprint density at radius 3 is 2.67 bits per heavy atom. The highest BCUT2D eigenvalue weighted by Crippen LogP contribution is 2.31. The first-order chi connectivity index (χ1) is 6.97. The largest absolute Gasteiger partial charge is 0.501 e. The molecule has 0 atom stereocenters. The number of aromatic nitrogens is 1. The second-order valence-electron chi connectivity index (χ2n) is 2.57. The highest BCUT2D eigenvalue weighted by molar-refractivity contribution is 9.08. The van der Waals surface area contributed by atoms with Crippen molar-refractivity contribution in [3.05, 3.63) is 27.4 Å². The first kappa shape index (κ1) is 11.8. The van der Waals surface area contributed by atoms with Crippen molar-refractivity contribution in [1.82, 2.24) is 4.98 Å². The summed E-state index contributed by atoms with van der Waals surface area (Å²) in [4.78, 5) is 12.4. The number of aromatic hydroxyl groups is 1. The molecule has 0 radical (unpaired) electrons. The van der Waals surface area contributed by atoms with Crippen molar-refractivity contribution < 1.29 is 18.8 Å². The summed E-state index contributed by atoms with van der Waals surface area (Å²) >= 11 is 2.92. The van der Waals surface area contributed by atoms with Gasteiger partial charge in [0.05, 0.1) is 0 Å². The number of rotatable bonds is 3. The summed E-state index contributed by atoms with van der Waals surface area (Å²) in [5, 5.41) is 19.5. The van der Waals surface area contributed by atoms with Crippen LogP contribution >= 0.6 is 15.9 Å². The Bertz CT molecular complexity index is 400. The molecule has 1 aromatic heterocycles. The van der Waals surface area contributed by atoms with E-state index in [0.717, 1.165) is 6.07 Å². The fraction of sp³-hybridized carbons (Fsp3) is 0.286. The first-order valence-electron chi connectivity index (χ1n) is 3.68. The molecule has 0 amide bonds. The van der Waals surface area contributed by atoms with Gasteiger partial charge in [-0.15, -0.1) is 0 Å². The van der Waals surface area contributed by atoms with E-state index in [-0.39, 0.29) is 10.9 Å². The van der Waals surface area contributed by atoms with E-state index in [1.807, 2.05) is 0 Å². The van der Waals surface area contributed by atoms with Gasteiger partial charge in [0.25, 0.3) is 0 Å². The number of hydrogen-bond acceptors (Lipinski definition) is 4. The molecule has 0 fully saturated rings. The minimum Gasteiger partial charge on any atom is -0.501 e. The van der Waals surface area contributed by atoms with Gasteiger partial charge in [0.2, 0.25) is 11.4 Å². The normalized spacial score (nSPS) is 10.7. The molecule has 8 heteroatoms. The summed E-state index contributed by atoms with van der Waals surface area (Å²) in [5.74, 6) is -1.69. The van der Waals surface area contributed by atoms with Crippen LogP contribution in [0.25, 0.3) is 0 Å². The number of nitro groups is 1. The molecule has 0 saturated heterocycles. The average molecular weight is 283 g/mol. The van der Waals surface area contributed by atoms with Crippen LogP contribution in [0.5, 0.6) is 5.75 Å². The predicted octanol–water partition coefficient (Wildman–Crippen LogP) is 2.53. The van der Waals surface area contributed by atoms with Crippen molar-refractivity contribution in [3.8, 4) is 5.75 Å². The van der Waals surface area contributed by atoms with Crippen LogP contribution < -0.4 is 0 Å². The topological polar surface area (TPSA) is 76.3 Å². The Kier molecular flexibility index (Phi) is 3.51. The Labute approximate surface area is 91.0 Å². The molecule has 0 unspecified atom stereocenters. The summed E-state index contributed by atoms with van der Waals surface area (Å²) in [6.45, 7) is 0. The van der Waals surface area contributed by atoms with Crippen molar-refractivity contribution in [1.29, 1.82) is 0 Å². The summed E-state index contributed by atoms with van der Waals surface area (Å²) in [5.41, 5.74) is -0.676. The Hall–Kier alpha value is -1.31. The van der Waals surface area contributed by atoms with Crippen molar-refractivity contribution in [2.24, 2.45) is 0 Å². The van der Waals surface area contributed by atoms with Crippen molar-refractivity contribution in [3.63, 3.8) is 0 Å². The number of nitrogens with zero attached hydrogens (tertiary/aromatic N) is 2. The average Bonchev–Trinajstić information content (AvgIpc) is 2.16. The van der Waals surface area contributed by atoms with Crippen LogP contribution in [0.4, 0.5) is 14.6 Å². The Balaban J connectivity index is 3.37. The van der Waals surface area contributed by atoms with Gasteiger partial charge >= 0.3 is 12.2 Å². The van der Waals surface area contributed by atoms with Crippen molar-refractivity contribution >= 4 is 21.7 Å².